The fourth-order valence-electron chi connectivity index (χ4n) is 1.80. The standard InChI is InChI=1S/C15H21N5O/c1-5-21-15-19-13(16-4)18-14(20-15)17-12-8-6-11(7-9-12)10(2)3/h6-10H,5H2,1-4H3,(H2,16,17,18,19,20). The van der Waals surface area contributed by atoms with Crippen LogP contribution < -0.4 is 15.4 Å². The largest absolute Gasteiger partial charge is 0.464 e. The molecular weight excluding hydrogens is 266 g/mol. The number of hydrogen-bond acceptors (Lipinski definition) is 6. The van der Waals surface area contributed by atoms with Crippen molar-refractivity contribution in [1.29, 1.82) is 0 Å². The molecule has 1 aromatic heterocycles. The van der Waals surface area contributed by atoms with E-state index in [-0.39, 0.29) is 0 Å². The van der Waals surface area contributed by atoms with Crippen molar-refractivity contribution in [3.8, 4) is 6.01 Å². The van der Waals surface area contributed by atoms with Crippen molar-refractivity contribution in [2.45, 2.75) is 26.7 Å². The quantitative estimate of drug-likeness (QED) is 0.850. The van der Waals surface area contributed by atoms with Crippen LogP contribution >= 0.6 is 0 Å². The summed E-state index contributed by atoms with van der Waals surface area (Å²) in [6, 6.07) is 8.52. The second kappa shape index (κ2) is 6.88. The first-order valence-electron chi connectivity index (χ1n) is 7.06. The first-order chi connectivity index (χ1) is 10.1. The average molecular weight is 287 g/mol. The fraction of sp³-hybridized carbons (Fsp3) is 0.400. The Labute approximate surface area is 125 Å². The number of rotatable bonds is 6. The maximum Gasteiger partial charge on any atom is 0.323 e. The summed E-state index contributed by atoms with van der Waals surface area (Å²) in [7, 11) is 1.76. The molecule has 112 valence electrons. The van der Waals surface area contributed by atoms with Crippen molar-refractivity contribution in [3.63, 3.8) is 0 Å². The number of nitrogens with one attached hydrogen (secondary N) is 2. The molecule has 0 radical (unpaired) electrons. The van der Waals surface area contributed by atoms with E-state index in [0.29, 0.717) is 30.4 Å². The minimum atomic E-state index is 0.304. The van der Waals surface area contributed by atoms with Gasteiger partial charge in [-0.2, -0.15) is 15.0 Å². The van der Waals surface area contributed by atoms with E-state index in [1.807, 2.05) is 19.1 Å². The smallest absolute Gasteiger partial charge is 0.323 e. The molecule has 21 heavy (non-hydrogen) atoms. The number of benzene rings is 1. The Morgan fingerprint density at radius 3 is 2.29 bits per heavy atom. The first-order valence-corrected chi connectivity index (χ1v) is 7.06. The van der Waals surface area contributed by atoms with Crippen molar-refractivity contribution in [1.82, 2.24) is 15.0 Å². The molecule has 0 atom stereocenters. The highest BCUT2D eigenvalue weighted by atomic mass is 16.5. The molecule has 6 heteroatoms. The van der Waals surface area contributed by atoms with Crippen LogP contribution in [0.15, 0.2) is 24.3 Å². The summed E-state index contributed by atoms with van der Waals surface area (Å²) in [5, 5.41) is 6.06. The second-order valence-electron chi connectivity index (χ2n) is 4.85. The third-order valence-electron chi connectivity index (χ3n) is 2.95. The van der Waals surface area contributed by atoms with E-state index in [2.05, 4.69) is 51.6 Å². The maximum absolute atomic E-state index is 5.34. The number of nitrogens with zero attached hydrogens (tertiary/aromatic N) is 3. The van der Waals surface area contributed by atoms with Crippen molar-refractivity contribution in [3.05, 3.63) is 29.8 Å². The molecule has 0 spiro atoms. The van der Waals surface area contributed by atoms with E-state index in [1.165, 1.54) is 5.56 Å². The van der Waals surface area contributed by atoms with Crippen molar-refractivity contribution in [2.24, 2.45) is 0 Å². The average Bonchev–Trinajstić information content (AvgIpc) is 2.48. The van der Waals surface area contributed by atoms with Gasteiger partial charge < -0.3 is 15.4 Å². The van der Waals surface area contributed by atoms with Crippen molar-refractivity contribution < 1.29 is 4.74 Å². The first kappa shape index (κ1) is 15.0. The Morgan fingerprint density at radius 1 is 1.05 bits per heavy atom. The van der Waals surface area contributed by atoms with Gasteiger partial charge in [0.15, 0.2) is 0 Å². The van der Waals surface area contributed by atoms with Crippen LogP contribution in [0.5, 0.6) is 6.01 Å². The normalized spacial score (nSPS) is 10.5. The third-order valence-corrected chi connectivity index (χ3v) is 2.95. The highest BCUT2D eigenvalue weighted by Crippen LogP contribution is 2.20. The van der Waals surface area contributed by atoms with Gasteiger partial charge in [-0.05, 0) is 30.5 Å². The molecule has 2 N–H and O–H groups in total. The van der Waals surface area contributed by atoms with E-state index in [1.54, 1.807) is 7.05 Å². The molecule has 2 aromatic rings. The van der Waals surface area contributed by atoms with Crippen LogP contribution in [-0.2, 0) is 0 Å². The van der Waals surface area contributed by atoms with Crippen LogP contribution in [0.1, 0.15) is 32.3 Å². The molecule has 0 amide bonds. The SMILES string of the molecule is CCOc1nc(NC)nc(Nc2ccc(C(C)C)cc2)n1. The molecule has 6 nitrogen and oxygen atoms in total. The monoisotopic (exact) mass is 287 g/mol. The molecule has 0 bridgehead atoms. The molecule has 2 rings (SSSR count). The van der Waals surface area contributed by atoms with Gasteiger partial charge in [0.25, 0.3) is 0 Å². The maximum atomic E-state index is 5.34. The highest BCUT2D eigenvalue weighted by Gasteiger charge is 2.07. The zero-order chi connectivity index (χ0) is 15.2. The Morgan fingerprint density at radius 2 is 1.71 bits per heavy atom. The minimum Gasteiger partial charge on any atom is -0.464 e. The van der Waals surface area contributed by atoms with Crippen molar-refractivity contribution in [2.75, 3.05) is 24.3 Å². The Kier molecular flexibility index (Phi) is 4.92. The Bertz CT molecular complexity index is 583. The van der Waals surface area contributed by atoms with Gasteiger partial charge in [-0.3, -0.25) is 0 Å². The number of aromatic nitrogens is 3. The summed E-state index contributed by atoms with van der Waals surface area (Å²) in [6.07, 6.45) is 0. The second-order valence-corrected chi connectivity index (χ2v) is 4.85. The van der Waals surface area contributed by atoms with Gasteiger partial charge in [-0.15, -0.1) is 0 Å². The lowest BCUT2D eigenvalue weighted by Gasteiger charge is -2.10. The number of hydrogen-bond donors (Lipinski definition) is 2. The molecule has 0 fully saturated rings. The molecular formula is C15H21N5O. The topological polar surface area (TPSA) is 72.0 Å². The Balaban J connectivity index is 2.19. The predicted octanol–water partition coefficient (Wildman–Crippen LogP) is 3.18. The highest BCUT2D eigenvalue weighted by molar-refractivity contribution is 5.55. The molecule has 0 aliphatic heterocycles. The third kappa shape index (κ3) is 4.05. The fourth-order valence-corrected chi connectivity index (χ4v) is 1.80. The summed E-state index contributed by atoms with van der Waals surface area (Å²) in [6.45, 7) is 6.74. The lowest BCUT2D eigenvalue weighted by molar-refractivity contribution is 0.312. The van der Waals surface area contributed by atoms with Gasteiger partial charge in [0.2, 0.25) is 11.9 Å². The molecule has 0 saturated carbocycles. The molecule has 1 aromatic carbocycles. The van der Waals surface area contributed by atoms with Crippen LogP contribution in [0.3, 0.4) is 0 Å². The van der Waals surface area contributed by atoms with E-state index < -0.39 is 0 Å². The van der Waals surface area contributed by atoms with E-state index >= 15 is 0 Å². The lowest BCUT2D eigenvalue weighted by atomic mass is 10.0. The van der Waals surface area contributed by atoms with Crippen LogP contribution in [0, 0.1) is 0 Å². The van der Waals surface area contributed by atoms with Crippen LogP contribution in [0.4, 0.5) is 17.6 Å². The molecule has 0 aliphatic carbocycles. The van der Waals surface area contributed by atoms with Gasteiger partial charge in [0.1, 0.15) is 0 Å². The molecule has 0 unspecified atom stereocenters. The number of ether oxygens (including phenoxy) is 1. The minimum absolute atomic E-state index is 0.304. The Hall–Kier alpha value is -2.37. The van der Waals surface area contributed by atoms with E-state index in [4.69, 9.17) is 4.74 Å². The van der Waals surface area contributed by atoms with Crippen molar-refractivity contribution >= 4 is 17.6 Å². The summed E-state index contributed by atoms with van der Waals surface area (Å²) in [5.74, 6) is 1.43. The van der Waals surface area contributed by atoms with Crippen LogP contribution in [-0.4, -0.2) is 28.6 Å². The van der Waals surface area contributed by atoms with Gasteiger partial charge >= 0.3 is 6.01 Å². The van der Waals surface area contributed by atoms with Gasteiger partial charge in [-0.25, -0.2) is 0 Å². The van der Waals surface area contributed by atoms with Gasteiger partial charge in [0, 0.05) is 12.7 Å². The van der Waals surface area contributed by atoms with E-state index in [9.17, 15) is 0 Å². The molecule has 1 heterocycles. The molecule has 0 aliphatic rings. The predicted molar refractivity (Wildman–Crippen MR) is 84.4 cm³/mol. The number of anilines is 3. The lowest BCUT2D eigenvalue weighted by Crippen LogP contribution is -2.07. The summed E-state index contributed by atoms with van der Waals surface area (Å²) in [4.78, 5) is 12.6. The van der Waals surface area contributed by atoms with Gasteiger partial charge in [0.05, 0.1) is 6.61 Å². The van der Waals surface area contributed by atoms with Gasteiger partial charge in [-0.1, -0.05) is 26.0 Å². The zero-order valence-electron chi connectivity index (χ0n) is 12.8. The summed E-state index contributed by atoms with van der Waals surface area (Å²) < 4.78 is 5.34. The van der Waals surface area contributed by atoms with E-state index in [0.717, 1.165) is 5.69 Å². The van der Waals surface area contributed by atoms with Crippen LogP contribution in [0.2, 0.25) is 0 Å². The summed E-state index contributed by atoms with van der Waals surface area (Å²) in [5.41, 5.74) is 2.22. The zero-order valence-corrected chi connectivity index (χ0v) is 12.8. The molecule has 0 saturated heterocycles. The van der Waals surface area contributed by atoms with Crippen LogP contribution in [0.25, 0.3) is 0 Å². The summed E-state index contributed by atoms with van der Waals surface area (Å²) >= 11 is 0.